The Hall–Kier alpha value is -2.18. The van der Waals surface area contributed by atoms with Gasteiger partial charge in [0, 0.05) is 55.7 Å². The molecule has 144 valence electrons. The van der Waals surface area contributed by atoms with Gasteiger partial charge in [0.05, 0.1) is 11.6 Å². The van der Waals surface area contributed by atoms with E-state index in [1.807, 2.05) is 24.5 Å². The first-order valence-corrected chi connectivity index (χ1v) is 9.31. The molecule has 0 radical (unpaired) electrons. The second-order valence-corrected chi connectivity index (χ2v) is 7.33. The van der Waals surface area contributed by atoms with Gasteiger partial charge in [0.25, 0.3) is 0 Å². The van der Waals surface area contributed by atoms with Crippen LogP contribution in [0.4, 0.5) is 4.39 Å². The number of nitrogens with zero attached hydrogens (tertiary/aromatic N) is 3. The molecule has 0 aliphatic carbocycles. The molecular weight excluding hydrogens is 369 g/mol. The molecule has 27 heavy (non-hydrogen) atoms. The van der Waals surface area contributed by atoms with E-state index in [-0.39, 0.29) is 16.7 Å². The zero-order valence-electron chi connectivity index (χ0n) is 15.8. The number of carbonyl (C=O) groups excluding carboxylic acids is 2. The van der Waals surface area contributed by atoms with E-state index in [9.17, 15) is 14.0 Å². The molecule has 1 aliphatic heterocycles. The highest BCUT2D eigenvalue weighted by atomic mass is 35.5. The lowest BCUT2D eigenvalue weighted by Crippen LogP contribution is -2.49. The molecule has 1 saturated heterocycles. The molecule has 0 unspecified atom stereocenters. The van der Waals surface area contributed by atoms with Crippen molar-refractivity contribution in [2.24, 2.45) is 0 Å². The average Bonchev–Trinajstić information content (AvgIpc) is 2.92. The fourth-order valence-corrected chi connectivity index (χ4v) is 3.75. The lowest BCUT2D eigenvalue weighted by molar-refractivity contribution is -0.130. The van der Waals surface area contributed by atoms with Crippen LogP contribution in [0.25, 0.3) is 5.69 Å². The Morgan fingerprint density at radius 1 is 1.11 bits per heavy atom. The zero-order chi connectivity index (χ0) is 19.7. The minimum absolute atomic E-state index is 0.0406. The molecule has 7 heteroatoms. The average molecular weight is 392 g/mol. The van der Waals surface area contributed by atoms with Crippen molar-refractivity contribution in [3.05, 3.63) is 52.1 Å². The highest BCUT2D eigenvalue weighted by molar-refractivity contribution is 6.30. The van der Waals surface area contributed by atoms with Gasteiger partial charge in [0.1, 0.15) is 5.82 Å². The third-order valence-electron chi connectivity index (χ3n) is 5.08. The molecular formula is C20H23ClFN3O2. The fourth-order valence-electron chi connectivity index (χ4n) is 3.58. The third kappa shape index (κ3) is 4.06. The van der Waals surface area contributed by atoms with Crippen molar-refractivity contribution < 1.29 is 14.0 Å². The lowest BCUT2D eigenvalue weighted by atomic mass is 10.1. The molecule has 0 spiro atoms. The van der Waals surface area contributed by atoms with Crippen molar-refractivity contribution >= 4 is 23.3 Å². The Kier molecular flexibility index (Phi) is 5.67. The summed E-state index contributed by atoms with van der Waals surface area (Å²) < 4.78 is 15.4. The maximum atomic E-state index is 13.5. The van der Waals surface area contributed by atoms with Crippen LogP contribution in [0.5, 0.6) is 0 Å². The Morgan fingerprint density at radius 2 is 1.78 bits per heavy atom. The predicted octanol–water partition coefficient (Wildman–Crippen LogP) is 3.23. The van der Waals surface area contributed by atoms with Gasteiger partial charge in [-0.2, -0.15) is 0 Å². The second-order valence-electron chi connectivity index (χ2n) is 6.92. The molecule has 1 aliphatic rings. The van der Waals surface area contributed by atoms with Crippen LogP contribution >= 0.6 is 11.6 Å². The summed E-state index contributed by atoms with van der Waals surface area (Å²) >= 11 is 5.91. The van der Waals surface area contributed by atoms with Gasteiger partial charge in [-0.25, -0.2) is 4.39 Å². The minimum Gasteiger partial charge on any atom is -0.340 e. The Balaban J connectivity index is 1.77. The number of rotatable bonds is 4. The number of hydrogen-bond acceptors (Lipinski definition) is 3. The van der Waals surface area contributed by atoms with Crippen molar-refractivity contribution in [2.75, 3.05) is 32.7 Å². The van der Waals surface area contributed by atoms with Crippen molar-refractivity contribution in [1.29, 1.82) is 0 Å². The molecule has 1 fully saturated rings. The molecule has 0 bridgehead atoms. The summed E-state index contributed by atoms with van der Waals surface area (Å²) in [5, 5.41) is 0.0521. The van der Waals surface area contributed by atoms with Gasteiger partial charge in [0.15, 0.2) is 5.78 Å². The molecule has 0 atom stereocenters. The molecule has 0 saturated carbocycles. The van der Waals surface area contributed by atoms with Crippen LogP contribution in [0.15, 0.2) is 24.3 Å². The number of aryl methyl sites for hydroxylation is 1. The number of ketones is 1. The first-order chi connectivity index (χ1) is 12.8. The SMILES string of the molecule is CC(=O)N1CCN(CC(=O)c2cc(C)n(-c3ccc(F)c(Cl)c3)c2C)CC1. The number of piperazine rings is 1. The number of Topliss-reactive ketones (excluding diaryl/α,β-unsaturated/α-hetero) is 1. The van der Waals surface area contributed by atoms with Gasteiger partial charge in [-0.1, -0.05) is 11.6 Å². The lowest BCUT2D eigenvalue weighted by Gasteiger charge is -2.33. The van der Waals surface area contributed by atoms with Crippen molar-refractivity contribution in [2.45, 2.75) is 20.8 Å². The van der Waals surface area contributed by atoms with Crippen LogP contribution < -0.4 is 0 Å². The van der Waals surface area contributed by atoms with E-state index in [0.717, 1.165) is 17.1 Å². The summed E-state index contributed by atoms with van der Waals surface area (Å²) in [7, 11) is 0. The molecule has 2 aromatic rings. The van der Waals surface area contributed by atoms with Crippen LogP contribution in [0.3, 0.4) is 0 Å². The van der Waals surface area contributed by atoms with E-state index in [1.54, 1.807) is 24.0 Å². The summed E-state index contributed by atoms with van der Waals surface area (Å²) in [6.07, 6.45) is 0. The van der Waals surface area contributed by atoms with Gasteiger partial charge in [-0.05, 0) is 38.1 Å². The topological polar surface area (TPSA) is 45.6 Å². The summed E-state index contributed by atoms with van der Waals surface area (Å²) in [5.41, 5.74) is 3.08. The Morgan fingerprint density at radius 3 is 2.37 bits per heavy atom. The van der Waals surface area contributed by atoms with E-state index in [4.69, 9.17) is 11.6 Å². The highest BCUT2D eigenvalue weighted by Crippen LogP contribution is 2.25. The smallest absolute Gasteiger partial charge is 0.219 e. The van der Waals surface area contributed by atoms with Crippen LogP contribution in [0.1, 0.15) is 28.7 Å². The molecule has 3 rings (SSSR count). The van der Waals surface area contributed by atoms with E-state index in [0.29, 0.717) is 38.3 Å². The quantitative estimate of drug-likeness (QED) is 0.752. The summed E-state index contributed by atoms with van der Waals surface area (Å²) in [4.78, 5) is 28.1. The number of benzene rings is 1. The summed E-state index contributed by atoms with van der Waals surface area (Å²) in [5.74, 6) is -0.356. The Labute approximate surface area is 163 Å². The van der Waals surface area contributed by atoms with Crippen LogP contribution in [0.2, 0.25) is 5.02 Å². The van der Waals surface area contributed by atoms with E-state index in [2.05, 4.69) is 4.90 Å². The number of amides is 1. The number of carbonyl (C=O) groups is 2. The highest BCUT2D eigenvalue weighted by Gasteiger charge is 2.23. The predicted molar refractivity (Wildman–Crippen MR) is 103 cm³/mol. The molecule has 1 aromatic heterocycles. The normalized spacial score (nSPS) is 15.2. The maximum Gasteiger partial charge on any atom is 0.219 e. The van der Waals surface area contributed by atoms with E-state index >= 15 is 0 Å². The van der Waals surface area contributed by atoms with Crippen LogP contribution in [-0.2, 0) is 4.79 Å². The van der Waals surface area contributed by atoms with Crippen molar-refractivity contribution in [3.8, 4) is 5.69 Å². The zero-order valence-corrected chi connectivity index (χ0v) is 16.5. The van der Waals surface area contributed by atoms with Gasteiger partial charge < -0.3 is 9.47 Å². The fraction of sp³-hybridized carbons (Fsp3) is 0.400. The molecule has 1 amide bonds. The van der Waals surface area contributed by atoms with Gasteiger partial charge >= 0.3 is 0 Å². The third-order valence-corrected chi connectivity index (χ3v) is 5.37. The van der Waals surface area contributed by atoms with E-state index in [1.165, 1.54) is 6.07 Å². The standard InChI is InChI=1S/C20H23ClFN3O2/c1-13-10-17(14(2)25(13)16-4-5-19(22)18(21)11-16)20(27)12-23-6-8-24(9-7-23)15(3)26/h4-5,10-11H,6-9,12H2,1-3H3. The molecule has 0 N–H and O–H groups in total. The number of halogens is 2. The van der Waals surface area contributed by atoms with Gasteiger partial charge in [-0.15, -0.1) is 0 Å². The van der Waals surface area contributed by atoms with Crippen molar-refractivity contribution in [3.63, 3.8) is 0 Å². The first kappa shape index (κ1) is 19.6. The minimum atomic E-state index is -0.469. The van der Waals surface area contributed by atoms with Crippen LogP contribution in [0, 0.1) is 19.7 Å². The van der Waals surface area contributed by atoms with Crippen molar-refractivity contribution in [1.82, 2.24) is 14.4 Å². The molecule has 2 heterocycles. The Bertz CT molecular complexity index is 886. The number of hydrogen-bond donors (Lipinski definition) is 0. The summed E-state index contributed by atoms with van der Waals surface area (Å²) in [6, 6.07) is 6.40. The maximum absolute atomic E-state index is 13.5. The van der Waals surface area contributed by atoms with E-state index < -0.39 is 5.82 Å². The second kappa shape index (κ2) is 7.82. The number of aromatic nitrogens is 1. The molecule has 1 aromatic carbocycles. The van der Waals surface area contributed by atoms with Crippen LogP contribution in [-0.4, -0.2) is 58.8 Å². The van der Waals surface area contributed by atoms with Gasteiger partial charge in [0.2, 0.25) is 5.91 Å². The van der Waals surface area contributed by atoms with Gasteiger partial charge in [-0.3, -0.25) is 14.5 Å². The first-order valence-electron chi connectivity index (χ1n) is 8.93. The summed E-state index contributed by atoms with van der Waals surface area (Å²) in [6.45, 7) is 8.36. The molecule has 5 nitrogen and oxygen atoms in total. The monoisotopic (exact) mass is 391 g/mol. The largest absolute Gasteiger partial charge is 0.340 e.